The van der Waals surface area contributed by atoms with Crippen molar-refractivity contribution in [1.82, 2.24) is 0 Å². The van der Waals surface area contributed by atoms with E-state index in [0.29, 0.717) is 48.0 Å². The molecule has 7 nitrogen and oxygen atoms in total. The number of methoxy groups -OCH3 is 2. The van der Waals surface area contributed by atoms with Gasteiger partial charge in [-0.1, -0.05) is 24.3 Å². The number of ketones is 1. The molecule has 190 valence electrons. The van der Waals surface area contributed by atoms with Crippen molar-refractivity contribution in [2.75, 3.05) is 27.4 Å². The van der Waals surface area contributed by atoms with Gasteiger partial charge < -0.3 is 18.9 Å². The van der Waals surface area contributed by atoms with Crippen molar-refractivity contribution in [3.05, 3.63) is 64.9 Å². The molecule has 7 heteroatoms. The van der Waals surface area contributed by atoms with Gasteiger partial charge in [0, 0.05) is 29.3 Å². The second-order valence-electron chi connectivity index (χ2n) is 8.93. The van der Waals surface area contributed by atoms with E-state index >= 15 is 0 Å². The lowest BCUT2D eigenvalue weighted by atomic mass is 9.66. The Morgan fingerprint density at radius 1 is 0.944 bits per heavy atom. The third kappa shape index (κ3) is 4.74. The Labute approximate surface area is 212 Å². The molecule has 2 aromatic rings. The average molecular weight is 492 g/mol. The van der Waals surface area contributed by atoms with Gasteiger partial charge in [0.05, 0.1) is 38.9 Å². The fourth-order valence-electron chi connectivity index (χ4n) is 5.35. The van der Waals surface area contributed by atoms with Gasteiger partial charge in [-0.2, -0.15) is 0 Å². The van der Waals surface area contributed by atoms with Crippen molar-refractivity contribution in [1.29, 1.82) is 0 Å². The number of aliphatic imine (C=N–C) groups is 1. The highest BCUT2D eigenvalue weighted by atomic mass is 16.5. The summed E-state index contributed by atoms with van der Waals surface area (Å²) in [5.74, 6) is 0.419. The first-order chi connectivity index (χ1) is 17.4. The molecule has 1 fully saturated rings. The lowest BCUT2D eigenvalue weighted by Crippen LogP contribution is -2.41. The molecule has 0 bridgehead atoms. The van der Waals surface area contributed by atoms with Gasteiger partial charge in [0.25, 0.3) is 0 Å². The van der Waals surface area contributed by atoms with Crippen LogP contribution in [0.2, 0.25) is 0 Å². The third-order valence-electron chi connectivity index (χ3n) is 6.88. The van der Waals surface area contributed by atoms with Crippen LogP contribution >= 0.6 is 0 Å². The Balaban J connectivity index is 1.79. The van der Waals surface area contributed by atoms with E-state index in [9.17, 15) is 9.59 Å². The summed E-state index contributed by atoms with van der Waals surface area (Å²) in [7, 11) is 3.19. The summed E-state index contributed by atoms with van der Waals surface area (Å²) >= 11 is 0. The average Bonchev–Trinajstić information content (AvgIpc) is 2.88. The van der Waals surface area contributed by atoms with Crippen LogP contribution in [0.1, 0.15) is 56.6 Å². The van der Waals surface area contributed by atoms with Gasteiger partial charge >= 0.3 is 5.97 Å². The van der Waals surface area contributed by atoms with Crippen molar-refractivity contribution >= 4 is 17.5 Å². The van der Waals surface area contributed by atoms with Gasteiger partial charge in [-0.15, -0.1) is 0 Å². The Bertz CT molecular complexity index is 1210. The highest BCUT2D eigenvalue weighted by Crippen LogP contribution is 2.48. The summed E-state index contributed by atoms with van der Waals surface area (Å²) in [5, 5.41) is 0. The number of hydrogen-bond acceptors (Lipinski definition) is 7. The predicted octanol–water partition coefficient (Wildman–Crippen LogP) is 5.24. The number of ether oxygens (including phenoxy) is 4. The maximum Gasteiger partial charge on any atom is 0.336 e. The number of nitrogens with zero attached hydrogens (tertiary/aromatic N) is 1. The van der Waals surface area contributed by atoms with E-state index in [-0.39, 0.29) is 18.3 Å². The molecule has 0 spiro atoms. The molecule has 0 amide bonds. The number of allylic oxidation sites excluding steroid dienone is 1. The molecule has 36 heavy (non-hydrogen) atoms. The molecule has 2 aromatic carbocycles. The molecule has 1 heterocycles. The van der Waals surface area contributed by atoms with Gasteiger partial charge in [-0.25, -0.2) is 4.79 Å². The predicted molar refractivity (Wildman–Crippen MR) is 137 cm³/mol. The Morgan fingerprint density at radius 2 is 1.69 bits per heavy atom. The zero-order valence-corrected chi connectivity index (χ0v) is 21.5. The molecule has 0 aromatic heterocycles. The molecule has 3 atom stereocenters. The van der Waals surface area contributed by atoms with E-state index in [1.807, 2.05) is 56.3 Å². The van der Waals surface area contributed by atoms with E-state index in [0.717, 1.165) is 16.8 Å². The number of fused-ring (bicyclic) bond motifs is 1. The number of para-hydroxylation sites is 1. The molecule has 1 aliphatic carbocycles. The van der Waals surface area contributed by atoms with Crippen LogP contribution in [0.25, 0.3) is 0 Å². The normalized spacial score (nSPS) is 21.4. The lowest BCUT2D eigenvalue weighted by molar-refractivity contribution is -0.139. The maximum absolute atomic E-state index is 13.8. The topological polar surface area (TPSA) is 83.4 Å². The summed E-state index contributed by atoms with van der Waals surface area (Å²) in [6.45, 7) is 6.22. The van der Waals surface area contributed by atoms with Crippen molar-refractivity contribution in [2.24, 2.45) is 10.9 Å². The van der Waals surface area contributed by atoms with E-state index in [4.69, 9.17) is 23.9 Å². The highest BCUT2D eigenvalue weighted by Gasteiger charge is 2.47. The smallest absolute Gasteiger partial charge is 0.336 e. The number of Topliss-reactive ketones (excluding diaryl/α,β-unsaturated/α-hetero) is 1. The van der Waals surface area contributed by atoms with Crippen LogP contribution < -0.4 is 14.2 Å². The van der Waals surface area contributed by atoms with Crippen molar-refractivity contribution in [3.63, 3.8) is 0 Å². The van der Waals surface area contributed by atoms with Crippen LogP contribution in [-0.2, 0) is 14.3 Å². The van der Waals surface area contributed by atoms with E-state index in [1.165, 1.54) is 0 Å². The SMILES string of the molecule is CCOC(=O)C1=C(C)N=C2C[C@H](c3ccc(OC)c(OC)c3)CC(=O)C2[C@H]1c1ccccc1OCC. The van der Waals surface area contributed by atoms with Crippen LogP contribution in [0.4, 0.5) is 0 Å². The molecule has 1 saturated carbocycles. The molecule has 0 radical (unpaired) electrons. The van der Waals surface area contributed by atoms with Gasteiger partial charge in [0.2, 0.25) is 0 Å². The largest absolute Gasteiger partial charge is 0.494 e. The second-order valence-corrected chi connectivity index (χ2v) is 8.93. The van der Waals surface area contributed by atoms with Crippen LogP contribution in [0.5, 0.6) is 17.2 Å². The molecule has 1 aliphatic heterocycles. The monoisotopic (exact) mass is 491 g/mol. The Hall–Kier alpha value is -3.61. The number of carbonyl (C=O) groups excluding carboxylic acids is 2. The van der Waals surface area contributed by atoms with E-state index in [2.05, 4.69) is 0 Å². The van der Waals surface area contributed by atoms with E-state index in [1.54, 1.807) is 21.1 Å². The van der Waals surface area contributed by atoms with Crippen LogP contribution in [0.15, 0.2) is 58.7 Å². The van der Waals surface area contributed by atoms with Gasteiger partial charge in [-0.05, 0) is 56.9 Å². The molecule has 2 aliphatic rings. The first kappa shape index (κ1) is 25.5. The molecule has 0 saturated heterocycles. The molecule has 0 N–H and O–H groups in total. The number of carbonyl (C=O) groups is 2. The van der Waals surface area contributed by atoms with Crippen molar-refractivity contribution < 1.29 is 28.5 Å². The third-order valence-corrected chi connectivity index (χ3v) is 6.88. The van der Waals surface area contributed by atoms with Gasteiger partial charge in [0.1, 0.15) is 11.5 Å². The van der Waals surface area contributed by atoms with Gasteiger partial charge in [-0.3, -0.25) is 9.79 Å². The Morgan fingerprint density at radius 3 is 2.39 bits per heavy atom. The first-order valence-electron chi connectivity index (χ1n) is 12.3. The molecular formula is C29H33NO6. The first-order valence-corrected chi connectivity index (χ1v) is 12.3. The number of esters is 1. The minimum Gasteiger partial charge on any atom is -0.494 e. The minimum atomic E-state index is -0.550. The van der Waals surface area contributed by atoms with Crippen LogP contribution in [0.3, 0.4) is 0 Å². The zero-order valence-electron chi connectivity index (χ0n) is 21.5. The van der Waals surface area contributed by atoms with Crippen molar-refractivity contribution in [2.45, 2.75) is 45.4 Å². The number of benzene rings is 2. The van der Waals surface area contributed by atoms with Gasteiger partial charge in [0.15, 0.2) is 11.5 Å². The molecular weight excluding hydrogens is 458 g/mol. The molecule has 1 unspecified atom stereocenters. The summed E-state index contributed by atoms with van der Waals surface area (Å²) < 4.78 is 22.2. The van der Waals surface area contributed by atoms with Crippen molar-refractivity contribution in [3.8, 4) is 17.2 Å². The lowest BCUT2D eigenvalue weighted by Gasteiger charge is -2.38. The standard InChI is InChI=1S/C29H33NO6/c1-6-35-23-11-9-8-10-20(23)27-26(29(32)36-7-2)17(3)30-21-14-19(15-22(31)28(21)27)18-12-13-24(33-4)25(16-18)34-5/h8-13,16,19,27-28H,6-7,14-15H2,1-5H3/t19-,27-,28?/m0/s1. The maximum atomic E-state index is 13.8. The summed E-state index contributed by atoms with van der Waals surface area (Å²) in [6, 6.07) is 13.4. The number of hydrogen-bond donors (Lipinski definition) is 0. The minimum absolute atomic E-state index is 0.0467. The fourth-order valence-corrected chi connectivity index (χ4v) is 5.35. The van der Waals surface area contributed by atoms with Crippen LogP contribution in [0, 0.1) is 5.92 Å². The quantitative estimate of drug-likeness (QED) is 0.470. The second kappa shape index (κ2) is 11.0. The van der Waals surface area contributed by atoms with Crippen LogP contribution in [-0.4, -0.2) is 44.9 Å². The fraction of sp³-hybridized carbons (Fsp3) is 0.414. The number of rotatable bonds is 8. The van der Waals surface area contributed by atoms with E-state index < -0.39 is 17.8 Å². The Kier molecular flexibility index (Phi) is 7.77. The summed E-state index contributed by atoms with van der Waals surface area (Å²) in [4.78, 5) is 31.8. The summed E-state index contributed by atoms with van der Waals surface area (Å²) in [5.41, 5.74) is 3.59. The molecule has 4 rings (SSSR count). The summed E-state index contributed by atoms with van der Waals surface area (Å²) in [6.07, 6.45) is 0.939. The highest BCUT2D eigenvalue weighted by molar-refractivity contribution is 6.12. The zero-order chi connectivity index (χ0) is 25.8.